The first-order valence-electron chi connectivity index (χ1n) is 14.2. The predicted octanol–water partition coefficient (Wildman–Crippen LogP) is 5.70. The third kappa shape index (κ3) is 3.90. The molecule has 7 nitrogen and oxygen atoms in total. The Bertz CT molecular complexity index is 1750. The number of H-pyrrole nitrogens is 1. The number of hydrogen-bond donors (Lipinski definition) is 1. The maximum atomic E-state index is 14.0. The molecule has 1 N–H and O–H groups in total. The second kappa shape index (κ2) is 9.88. The third-order valence-electron chi connectivity index (χ3n) is 9.52. The van der Waals surface area contributed by atoms with Gasteiger partial charge in [0.05, 0.1) is 29.7 Å². The summed E-state index contributed by atoms with van der Waals surface area (Å²) in [4.78, 5) is 45.9. The van der Waals surface area contributed by atoms with E-state index >= 15 is 0 Å². The van der Waals surface area contributed by atoms with Crippen molar-refractivity contribution in [3.63, 3.8) is 0 Å². The zero-order valence-electron chi connectivity index (χ0n) is 22.8. The largest absolute Gasteiger partial charge is 0.497 e. The van der Waals surface area contributed by atoms with Crippen molar-refractivity contribution in [2.45, 2.75) is 29.2 Å². The molecule has 212 valence electrons. The first-order chi connectivity index (χ1) is 20.5. The standard InChI is InChI=1S/C33H28N2O5S2/c1-39-20-12-10-19(11-13-20)35-31(36)26-22-15-23(27(26)32(35)37)28-25(22)24(29-30(41-28)34-33(38)42-29)18-8-5-9-21(14-18)40-16-17-6-3-2-4-7-17/h2-14,22-28H,15-16H2,1H3,(H,34,38)/t22-,23-,24+,25+,26+,27+,28-/m1/s1. The molecule has 0 radical (unpaired) electrons. The number of thiazole rings is 1. The van der Waals surface area contributed by atoms with E-state index in [1.807, 2.05) is 42.5 Å². The van der Waals surface area contributed by atoms with E-state index in [2.05, 4.69) is 17.1 Å². The van der Waals surface area contributed by atoms with Crippen LogP contribution in [0, 0.1) is 29.6 Å². The molecule has 0 spiro atoms. The SMILES string of the molecule is COc1ccc(N2C(=O)[C@H]3[C@H]4C[C@@H]([C@@H]3C2=O)[C@H]2[C@H](c3cccc(OCc5ccccc5)c3)c3sc(=O)[nH]c3S[C@H]42)cc1. The number of aromatic amines is 1. The van der Waals surface area contributed by atoms with Crippen molar-refractivity contribution < 1.29 is 19.1 Å². The molecule has 9 heteroatoms. The molecular formula is C33H28N2O5S2. The van der Waals surface area contributed by atoms with Crippen LogP contribution in [0.5, 0.6) is 11.5 Å². The van der Waals surface area contributed by atoms with Crippen LogP contribution in [-0.2, 0) is 16.2 Å². The Kier molecular flexibility index (Phi) is 6.08. The topological polar surface area (TPSA) is 88.7 Å². The highest BCUT2D eigenvalue weighted by Crippen LogP contribution is 2.68. The fraction of sp³-hybridized carbons (Fsp3) is 0.303. The molecule has 2 aliphatic heterocycles. The number of benzene rings is 3. The summed E-state index contributed by atoms with van der Waals surface area (Å²) < 4.78 is 11.5. The minimum atomic E-state index is -0.344. The van der Waals surface area contributed by atoms with Crippen LogP contribution in [0.2, 0.25) is 0 Å². The van der Waals surface area contributed by atoms with Gasteiger partial charge in [-0.05, 0) is 71.7 Å². The molecule has 1 saturated heterocycles. The molecule has 2 amide bonds. The Morgan fingerprint density at radius 2 is 1.64 bits per heavy atom. The van der Waals surface area contributed by atoms with E-state index in [1.165, 1.54) is 16.2 Å². The average molecular weight is 597 g/mol. The highest BCUT2D eigenvalue weighted by atomic mass is 32.2. The lowest BCUT2D eigenvalue weighted by Crippen LogP contribution is -2.42. The average Bonchev–Trinajstić information content (AvgIpc) is 3.75. The normalized spacial score (nSPS) is 28.9. The van der Waals surface area contributed by atoms with Gasteiger partial charge in [0.15, 0.2) is 0 Å². The van der Waals surface area contributed by atoms with Gasteiger partial charge in [-0.2, -0.15) is 0 Å². The van der Waals surface area contributed by atoms with Crippen LogP contribution in [0.15, 0.2) is 88.7 Å². The van der Waals surface area contributed by atoms with Crippen molar-refractivity contribution in [3.05, 3.63) is 105 Å². The second-order valence-corrected chi connectivity index (χ2v) is 13.7. The Labute approximate surface area is 250 Å². The molecule has 3 fully saturated rings. The quantitative estimate of drug-likeness (QED) is 0.287. The van der Waals surface area contributed by atoms with Crippen LogP contribution >= 0.6 is 23.1 Å². The summed E-state index contributed by atoms with van der Waals surface area (Å²) in [7, 11) is 1.59. The number of carbonyl (C=O) groups excluding carboxylic acids is 2. The highest BCUT2D eigenvalue weighted by molar-refractivity contribution is 8.00. The number of aromatic nitrogens is 1. The minimum absolute atomic E-state index is 0.0515. The molecule has 2 saturated carbocycles. The number of anilines is 1. The van der Waals surface area contributed by atoms with Gasteiger partial charge in [-0.3, -0.25) is 19.3 Å². The molecule has 4 aromatic rings. The lowest BCUT2D eigenvalue weighted by molar-refractivity contribution is -0.123. The smallest absolute Gasteiger partial charge is 0.305 e. The number of amides is 2. The summed E-state index contributed by atoms with van der Waals surface area (Å²) in [6, 6.07) is 25.4. The zero-order chi connectivity index (χ0) is 28.5. The number of imide groups is 1. The number of rotatable bonds is 6. The summed E-state index contributed by atoms with van der Waals surface area (Å²) in [5, 5.41) is 1.04. The van der Waals surface area contributed by atoms with E-state index in [4.69, 9.17) is 9.47 Å². The number of carbonyl (C=O) groups is 2. The number of methoxy groups -OCH3 is 1. The highest BCUT2D eigenvalue weighted by Gasteiger charge is 2.69. The van der Waals surface area contributed by atoms with Gasteiger partial charge in [0.1, 0.15) is 18.1 Å². The van der Waals surface area contributed by atoms with Crippen LogP contribution in [0.25, 0.3) is 0 Å². The molecule has 1 aromatic heterocycles. The lowest BCUT2D eigenvalue weighted by Gasteiger charge is -2.43. The molecule has 42 heavy (non-hydrogen) atoms. The molecule has 0 unspecified atom stereocenters. The van der Waals surface area contributed by atoms with Crippen LogP contribution in [0.3, 0.4) is 0 Å². The van der Waals surface area contributed by atoms with Crippen molar-refractivity contribution in [2.75, 3.05) is 12.0 Å². The molecule has 3 heterocycles. The van der Waals surface area contributed by atoms with Gasteiger partial charge >= 0.3 is 4.87 Å². The van der Waals surface area contributed by atoms with Crippen LogP contribution in [-0.4, -0.2) is 29.2 Å². The van der Waals surface area contributed by atoms with Crippen molar-refractivity contribution in [1.82, 2.24) is 4.98 Å². The minimum Gasteiger partial charge on any atom is -0.497 e. The first kappa shape index (κ1) is 25.9. The zero-order valence-corrected chi connectivity index (χ0v) is 24.4. The molecular weight excluding hydrogens is 569 g/mol. The summed E-state index contributed by atoms with van der Waals surface area (Å²) in [5.74, 6) is 0.800. The van der Waals surface area contributed by atoms with Crippen LogP contribution in [0.4, 0.5) is 5.69 Å². The number of fused-ring (bicyclic) bond motifs is 9. The van der Waals surface area contributed by atoms with Gasteiger partial charge in [0.2, 0.25) is 11.8 Å². The Morgan fingerprint density at radius 3 is 2.40 bits per heavy atom. The Hall–Kier alpha value is -3.82. The van der Waals surface area contributed by atoms with E-state index in [-0.39, 0.29) is 57.4 Å². The molecule has 2 aliphatic carbocycles. The monoisotopic (exact) mass is 596 g/mol. The summed E-state index contributed by atoms with van der Waals surface area (Å²) in [6.07, 6.45) is 0.853. The van der Waals surface area contributed by atoms with E-state index in [0.717, 1.165) is 33.2 Å². The van der Waals surface area contributed by atoms with Crippen molar-refractivity contribution >= 4 is 40.6 Å². The van der Waals surface area contributed by atoms with E-state index in [1.54, 1.807) is 43.1 Å². The van der Waals surface area contributed by atoms with Gasteiger partial charge in [-0.1, -0.05) is 53.8 Å². The van der Waals surface area contributed by atoms with Gasteiger partial charge < -0.3 is 14.5 Å². The number of ether oxygens (including phenoxy) is 2. The summed E-state index contributed by atoms with van der Waals surface area (Å²) in [6.45, 7) is 0.464. The van der Waals surface area contributed by atoms with Crippen LogP contribution in [0.1, 0.15) is 28.3 Å². The molecule has 4 aliphatic rings. The van der Waals surface area contributed by atoms with Crippen molar-refractivity contribution in [1.29, 1.82) is 0 Å². The fourth-order valence-electron chi connectivity index (χ4n) is 7.91. The Morgan fingerprint density at radius 1 is 0.881 bits per heavy atom. The van der Waals surface area contributed by atoms with E-state index in [9.17, 15) is 14.4 Å². The molecule has 7 atom stereocenters. The fourth-order valence-corrected chi connectivity index (χ4v) is 10.8. The number of hydrogen-bond acceptors (Lipinski definition) is 7. The third-order valence-corrected chi connectivity index (χ3v) is 12.1. The maximum absolute atomic E-state index is 14.0. The molecule has 8 rings (SSSR count). The van der Waals surface area contributed by atoms with Crippen molar-refractivity contribution in [2.24, 2.45) is 29.6 Å². The number of nitrogens with one attached hydrogen (secondary N) is 1. The number of nitrogens with zero attached hydrogens (tertiary/aromatic N) is 1. The second-order valence-electron chi connectivity index (χ2n) is 11.5. The summed E-state index contributed by atoms with van der Waals surface area (Å²) >= 11 is 2.97. The van der Waals surface area contributed by atoms with Crippen LogP contribution < -0.4 is 19.2 Å². The maximum Gasteiger partial charge on any atom is 0.305 e. The van der Waals surface area contributed by atoms with Gasteiger partial charge in [-0.15, -0.1) is 11.8 Å². The molecule has 3 aromatic carbocycles. The summed E-state index contributed by atoms with van der Waals surface area (Å²) in [5.41, 5.74) is 2.77. The van der Waals surface area contributed by atoms with E-state index < -0.39 is 0 Å². The predicted molar refractivity (Wildman–Crippen MR) is 161 cm³/mol. The molecule has 2 bridgehead atoms. The van der Waals surface area contributed by atoms with Gasteiger partial charge in [0.25, 0.3) is 0 Å². The first-order valence-corrected chi connectivity index (χ1v) is 15.9. The van der Waals surface area contributed by atoms with Crippen molar-refractivity contribution in [3.8, 4) is 11.5 Å². The van der Waals surface area contributed by atoms with Gasteiger partial charge in [-0.25, -0.2) is 0 Å². The van der Waals surface area contributed by atoms with Gasteiger partial charge in [0, 0.05) is 16.0 Å². The lowest BCUT2D eigenvalue weighted by atomic mass is 9.68. The van der Waals surface area contributed by atoms with E-state index in [0.29, 0.717) is 18.0 Å². The number of thioether (sulfide) groups is 1. The Balaban J connectivity index is 1.15.